The van der Waals surface area contributed by atoms with E-state index in [1.54, 1.807) is 12.1 Å². The van der Waals surface area contributed by atoms with Crippen molar-refractivity contribution in [3.8, 4) is 0 Å². The minimum Gasteiger partial charge on any atom is -0.336 e. The molecule has 2 aromatic carbocycles. The number of anilines is 1. The van der Waals surface area contributed by atoms with Crippen molar-refractivity contribution in [1.82, 2.24) is 4.90 Å². The Morgan fingerprint density at radius 3 is 2.50 bits per heavy atom. The molecular weight excluding hydrogens is 348 g/mol. The highest BCUT2D eigenvalue weighted by molar-refractivity contribution is 6.03. The number of carbonyl (C=O) groups excluding carboxylic acids is 2. The van der Waals surface area contributed by atoms with Gasteiger partial charge in [-0.1, -0.05) is 29.8 Å². The third kappa shape index (κ3) is 4.89. The van der Waals surface area contributed by atoms with Crippen molar-refractivity contribution >= 4 is 23.6 Å². The van der Waals surface area contributed by atoms with Crippen LogP contribution in [0.25, 0.3) is 6.08 Å². The van der Waals surface area contributed by atoms with Crippen molar-refractivity contribution in [2.24, 2.45) is 0 Å². The quantitative estimate of drug-likeness (QED) is 0.766. The van der Waals surface area contributed by atoms with Gasteiger partial charge in [0.2, 0.25) is 5.91 Å². The first-order chi connectivity index (χ1) is 13.4. The van der Waals surface area contributed by atoms with Gasteiger partial charge < -0.3 is 10.2 Å². The monoisotopic (exact) mass is 376 g/mol. The van der Waals surface area contributed by atoms with Crippen molar-refractivity contribution in [3.63, 3.8) is 0 Å². The molecule has 1 unspecified atom stereocenters. The van der Waals surface area contributed by atoms with E-state index in [4.69, 9.17) is 0 Å². The number of hydrogen-bond acceptors (Lipinski definition) is 2. The lowest BCUT2D eigenvalue weighted by molar-refractivity contribution is -0.111. The fourth-order valence-corrected chi connectivity index (χ4v) is 3.53. The minimum atomic E-state index is -0.188. The first kappa shape index (κ1) is 19.9. The van der Waals surface area contributed by atoms with Gasteiger partial charge in [-0.05, 0) is 75.4 Å². The molecule has 28 heavy (non-hydrogen) atoms. The second kappa shape index (κ2) is 8.87. The number of piperidine rings is 1. The van der Waals surface area contributed by atoms with Crippen molar-refractivity contribution in [3.05, 3.63) is 70.8 Å². The van der Waals surface area contributed by atoms with Crippen LogP contribution in [0, 0.1) is 13.8 Å². The van der Waals surface area contributed by atoms with Gasteiger partial charge in [0, 0.05) is 29.9 Å². The van der Waals surface area contributed by atoms with E-state index in [1.165, 1.54) is 18.1 Å². The topological polar surface area (TPSA) is 49.4 Å². The molecule has 0 spiro atoms. The number of benzene rings is 2. The third-order valence-electron chi connectivity index (χ3n) is 5.30. The Hall–Kier alpha value is -2.88. The number of aryl methyl sites for hydroxylation is 2. The predicted octanol–water partition coefficient (Wildman–Crippen LogP) is 4.97. The van der Waals surface area contributed by atoms with Gasteiger partial charge in [0.25, 0.3) is 5.91 Å². The van der Waals surface area contributed by atoms with Gasteiger partial charge in [-0.25, -0.2) is 0 Å². The summed E-state index contributed by atoms with van der Waals surface area (Å²) in [7, 11) is 0. The molecule has 1 fully saturated rings. The Balaban J connectivity index is 1.65. The molecule has 0 radical (unpaired) electrons. The van der Waals surface area contributed by atoms with Crippen LogP contribution in [0.5, 0.6) is 0 Å². The van der Waals surface area contributed by atoms with Crippen LogP contribution in [0.3, 0.4) is 0 Å². The van der Waals surface area contributed by atoms with Crippen LogP contribution in [-0.2, 0) is 4.79 Å². The molecule has 1 aliphatic heterocycles. The molecule has 2 aromatic rings. The lowest BCUT2D eigenvalue weighted by Crippen LogP contribution is -2.42. The molecule has 0 bridgehead atoms. The molecule has 146 valence electrons. The lowest BCUT2D eigenvalue weighted by Gasteiger charge is -2.33. The van der Waals surface area contributed by atoms with E-state index in [0.29, 0.717) is 5.56 Å². The Bertz CT molecular complexity index is 884. The summed E-state index contributed by atoms with van der Waals surface area (Å²) in [4.78, 5) is 27.0. The summed E-state index contributed by atoms with van der Waals surface area (Å²) in [5.41, 5.74) is 4.45. The molecule has 4 nitrogen and oxygen atoms in total. The van der Waals surface area contributed by atoms with E-state index in [1.807, 2.05) is 55.1 Å². The number of nitrogens with zero attached hydrogens (tertiary/aromatic N) is 1. The maximum absolute atomic E-state index is 12.8. The molecule has 3 rings (SSSR count). The second-order valence-electron chi connectivity index (χ2n) is 7.61. The average Bonchev–Trinajstić information content (AvgIpc) is 2.69. The molecule has 0 aromatic heterocycles. The summed E-state index contributed by atoms with van der Waals surface area (Å²) in [6.07, 6.45) is 6.63. The molecule has 1 atom stereocenters. The van der Waals surface area contributed by atoms with E-state index >= 15 is 0 Å². The fraction of sp³-hybridized carbons (Fsp3) is 0.333. The molecule has 0 saturated carbocycles. The van der Waals surface area contributed by atoms with Crippen LogP contribution in [0.1, 0.15) is 53.2 Å². The van der Waals surface area contributed by atoms with Gasteiger partial charge in [-0.3, -0.25) is 9.59 Å². The molecule has 2 amide bonds. The molecule has 0 aliphatic carbocycles. The van der Waals surface area contributed by atoms with E-state index < -0.39 is 0 Å². The Kier molecular flexibility index (Phi) is 6.30. The zero-order valence-corrected chi connectivity index (χ0v) is 16.9. The summed E-state index contributed by atoms with van der Waals surface area (Å²) >= 11 is 0. The second-order valence-corrected chi connectivity index (χ2v) is 7.61. The van der Waals surface area contributed by atoms with Gasteiger partial charge in [-0.2, -0.15) is 0 Å². The molecule has 1 N–H and O–H groups in total. The summed E-state index contributed by atoms with van der Waals surface area (Å²) < 4.78 is 0. The number of hydrogen-bond donors (Lipinski definition) is 1. The Labute approximate surface area is 167 Å². The maximum atomic E-state index is 12.8. The first-order valence-corrected chi connectivity index (χ1v) is 9.91. The van der Waals surface area contributed by atoms with E-state index in [2.05, 4.69) is 12.2 Å². The number of amides is 2. The minimum absolute atomic E-state index is 0.0763. The van der Waals surface area contributed by atoms with Gasteiger partial charge in [-0.15, -0.1) is 0 Å². The van der Waals surface area contributed by atoms with Crippen molar-refractivity contribution in [1.29, 1.82) is 0 Å². The van der Waals surface area contributed by atoms with E-state index in [-0.39, 0.29) is 17.9 Å². The fourth-order valence-electron chi connectivity index (χ4n) is 3.53. The summed E-state index contributed by atoms with van der Waals surface area (Å²) in [6.45, 7) is 6.87. The highest BCUT2D eigenvalue weighted by Gasteiger charge is 2.24. The van der Waals surface area contributed by atoms with Gasteiger partial charge in [0.15, 0.2) is 0 Å². The summed E-state index contributed by atoms with van der Waals surface area (Å²) in [5, 5.41) is 2.90. The average molecular weight is 377 g/mol. The van der Waals surface area contributed by atoms with Crippen LogP contribution in [-0.4, -0.2) is 29.3 Å². The maximum Gasteiger partial charge on any atom is 0.254 e. The highest BCUT2D eigenvalue weighted by atomic mass is 16.2. The number of carbonyl (C=O) groups is 2. The summed E-state index contributed by atoms with van der Waals surface area (Å²) in [5.74, 6) is -0.111. The molecular formula is C24H28N2O2. The largest absolute Gasteiger partial charge is 0.336 e. The molecule has 1 saturated heterocycles. The molecule has 1 heterocycles. The van der Waals surface area contributed by atoms with Gasteiger partial charge in [0.05, 0.1) is 0 Å². The van der Waals surface area contributed by atoms with E-state index in [9.17, 15) is 9.59 Å². The normalized spacial score (nSPS) is 17.0. The van der Waals surface area contributed by atoms with Crippen molar-refractivity contribution in [2.75, 3.05) is 11.9 Å². The van der Waals surface area contributed by atoms with Crippen LogP contribution in [0.15, 0.2) is 48.5 Å². The SMILES string of the molecule is Cc1ccc(/C=C/C(=O)Nc2ccc(C(=O)N3CCCCC3C)cc2C)cc1. The summed E-state index contributed by atoms with van der Waals surface area (Å²) in [6, 6.07) is 13.8. The smallest absolute Gasteiger partial charge is 0.254 e. The van der Waals surface area contributed by atoms with Crippen molar-refractivity contribution < 1.29 is 9.59 Å². The van der Waals surface area contributed by atoms with Crippen molar-refractivity contribution in [2.45, 2.75) is 46.1 Å². The zero-order valence-electron chi connectivity index (χ0n) is 16.9. The zero-order chi connectivity index (χ0) is 20.1. The Morgan fingerprint density at radius 2 is 1.82 bits per heavy atom. The van der Waals surface area contributed by atoms with Crippen LogP contribution in [0.2, 0.25) is 0 Å². The molecule has 1 aliphatic rings. The van der Waals surface area contributed by atoms with Gasteiger partial charge >= 0.3 is 0 Å². The number of rotatable bonds is 4. The lowest BCUT2D eigenvalue weighted by atomic mass is 10.0. The van der Waals surface area contributed by atoms with Crippen LogP contribution < -0.4 is 5.32 Å². The third-order valence-corrected chi connectivity index (χ3v) is 5.30. The first-order valence-electron chi connectivity index (χ1n) is 9.91. The highest BCUT2D eigenvalue weighted by Crippen LogP contribution is 2.22. The predicted molar refractivity (Wildman–Crippen MR) is 114 cm³/mol. The van der Waals surface area contributed by atoms with Crippen LogP contribution >= 0.6 is 0 Å². The van der Waals surface area contributed by atoms with Crippen LogP contribution in [0.4, 0.5) is 5.69 Å². The Morgan fingerprint density at radius 1 is 1.07 bits per heavy atom. The number of nitrogens with one attached hydrogen (secondary N) is 1. The standard InChI is InChI=1S/C24H28N2O2/c1-17-7-9-20(10-8-17)11-14-23(27)25-22-13-12-21(16-18(22)2)24(28)26-15-5-4-6-19(26)3/h7-14,16,19H,4-6,15H2,1-3H3,(H,25,27)/b14-11+. The van der Waals surface area contributed by atoms with Gasteiger partial charge in [0.1, 0.15) is 0 Å². The van der Waals surface area contributed by atoms with E-state index in [0.717, 1.165) is 36.2 Å². The number of likely N-dealkylation sites (tertiary alicyclic amines) is 1. The molecule has 4 heteroatoms.